The van der Waals surface area contributed by atoms with E-state index in [9.17, 15) is 9.46 Å². The van der Waals surface area contributed by atoms with E-state index < -0.39 is 14.7 Å². The van der Waals surface area contributed by atoms with Gasteiger partial charge in [-0.05, 0) is 17.4 Å². The fourth-order valence-electron chi connectivity index (χ4n) is 0.921. The number of rotatable bonds is 5. The number of hydrogen-bond acceptors (Lipinski definition) is 4. The van der Waals surface area contributed by atoms with Crippen molar-refractivity contribution in [2.75, 3.05) is 0 Å². The van der Waals surface area contributed by atoms with Crippen molar-refractivity contribution in [1.82, 2.24) is 0 Å². The smallest absolute Gasteiger partial charge is 0.343 e. The summed E-state index contributed by atoms with van der Waals surface area (Å²) in [7, 11) is -2.91. The zero-order valence-corrected chi connectivity index (χ0v) is 10.1. The van der Waals surface area contributed by atoms with Gasteiger partial charge in [-0.2, -0.15) is 0 Å². The largest absolute Gasteiger partial charge is 0.726 e. The molecule has 15 heavy (non-hydrogen) atoms. The summed E-state index contributed by atoms with van der Waals surface area (Å²) in [4.78, 5) is 17.9. The van der Waals surface area contributed by atoms with Crippen LogP contribution in [0.4, 0.5) is 0 Å². The van der Waals surface area contributed by atoms with Crippen LogP contribution < -0.4 is 0 Å². The van der Waals surface area contributed by atoms with Crippen molar-refractivity contribution < 1.29 is 23.7 Å². The van der Waals surface area contributed by atoms with Crippen LogP contribution in [-0.4, -0.2) is 9.79 Å². The Morgan fingerprint density at radius 3 is 2.53 bits per heavy atom. The molecule has 0 bridgehead atoms. The standard InChI is InChI=1S/C7H8O5P2S/c8-13(9)11-12-14(10,15)6-7-4-2-1-3-5-7/h1-5H,6H2,(H-,8,9,10,15)/p+1. The van der Waals surface area contributed by atoms with Crippen LogP contribution in [0.2, 0.25) is 0 Å². The Morgan fingerprint density at radius 1 is 1.40 bits per heavy atom. The molecule has 0 radical (unpaired) electrons. The average Bonchev–Trinajstić information content (AvgIpc) is 2.16. The first-order chi connectivity index (χ1) is 6.99. The van der Waals surface area contributed by atoms with Crippen LogP contribution in [0.5, 0.6) is 0 Å². The van der Waals surface area contributed by atoms with Crippen LogP contribution >= 0.6 is 14.7 Å². The van der Waals surface area contributed by atoms with Gasteiger partial charge in [0, 0.05) is 4.57 Å². The normalized spacial score (nSPS) is 15.7. The molecule has 1 rings (SSSR count). The molecule has 0 spiro atoms. The average molecular weight is 267 g/mol. The van der Waals surface area contributed by atoms with Gasteiger partial charge in [0.1, 0.15) is 0 Å². The van der Waals surface area contributed by atoms with Crippen LogP contribution in [-0.2, 0) is 31.9 Å². The van der Waals surface area contributed by atoms with E-state index in [4.69, 9.17) is 16.7 Å². The van der Waals surface area contributed by atoms with Crippen molar-refractivity contribution in [3.8, 4) is 0 Å². The minimum absolute atomic E-state index is 0.0896. The first kappa shape index (κ1) is 12.9. The molecule has 2 N–H and O–H groups in total. The third kappa shape index (κ3) is 5.44. The Hall–Kier alpha value is -0.190. The number of benzene rings is 1. The first-order valence-electron chi connectivity index (χ1n) is 3.88. The van der Waals surface area contributed by atoms with Crippen LogP contribution in [0.3, 0.4) is 0 Å². The van der Waals surface area contributed by atoms with Gasteiger partial charge in [-0.25, -0.2) is 0 Å². The molecule has 1 aromatic carbocycles. The SMILES string of the molecule is O=[P+](O)OOP(O)(=S)Cc1ccccc1. The van der Waals surface area contributed by atoms with Gasteiger partial charge >= 0.3 is 8.25 Å². The van der Waals surface area contributed by atoms with Gasteiger partial charge in [-0.3, -0.25) is 0 Å². The zero-order valence-electron chi connectivity index (χ0n) is 7.52. The molecule has 2 unspecified atom stereocenters. The third-order valence-corrected chi connectivity index (χ3v) is 3.40. The van der Waals surface area contributed by atoms with Gasteiger partial charge in [-0.1, -0.05) is 30.3 Å². The second-order valence-corrected chi connectivity index (χ2v) is 6.74. The Kier molecular flexibility index (Phi) is 4.96. The Balaban J connectivity index is 2.57. The molecule has 0 saturated heterocycles. The molecule has 0 aromatic heterocycles. The van der Waals surface area contributed by atoms with E-state index in [0.717, 1.165) is 5.56 Å². The highest BCUT2D eigenvalue weighted by molar-refractivity contribution is 8.09. The van der Waals surface area contributed by atoms with Gasteiger partial charge in [-0.15, -0.1) is 9.57 Å². The molecule has 8 heteroatoms. The molecule has 0 aliphatic heterocycles. The Morgan fingerprint density at radius 2 is 2.00 bits per heavy atom. The maximum absolute atomic E-state index is 10.2. The molecule has 0 saturated carbocycles. The molecule has 1 aromatic rings. The van der Waals surface area contributed by atoms with Crippen LogP contribution in [0.25, 0.3) is 0 Å². The highest BCUT2D eigenvalue weighted by Gasteiger charge is 2.24. The van der Waals surface area contributed by atoms with Crippen molar-refractivity contribution in [1.29, 1.82) is 0 Å². The van der Waals surface area contributed by atoms with Crippen LogP contribution in [0, 0.1) is 0 Å². The summed E-state index contributed by atoms with van der Waals surface area (Å²) in [6.45, 7) is -3.20. The quantitative estimate of drug-likeness (QED) is 0.483. The summed E-state index contributed by atoms with van der Waals surface area (Å²) >= 11 is 4.72. The summed E-state index contributed by atoms with van der Waals surface area (Å²) in [6, 6.07) is 8.93. The van der Waals surface area contributed by atoms with Gasteiger partial charge in [0.25, 0.3) is 0 Å². The maximum atomic E-state index is 10.2. The van der Waals surface area contributed by atoms with Gasteiger partial charge in [0.05, 0.1) is 10.8 Å². The molecule has 5 nitrogen and oxygen atoms in total. The lowest BCUT2D eigenvalue weighted by Crippen LogP contribution is -1.91. The predicted molar refractivity (Wildman–Crippen MR) is 58.6 cm³/mol. The van der Waals surface area contributed by atoms with E-state index in [1.54, 1.807) is 24.3 Å². The van der Waals surface area contributed by atoms with Crippen LogP contribution in [0.1, 0.15) is 5.56 Å². The summed E-state index contributed by atoms with van der Waals surface area (Å²) in [5, 5.41) is 0. The minimum Gasteiger partial charge on any atom is -0.343 e. The summed E-state index contributed by atoms with van der Waals surface area (Å²) in [5.41, 5.74) is 0.778. The summed E-state index contributed by atoms with van der Waals surface area (Å²) in [5.74, 6) is 0. The maximum Gasteiger partial charge on any atom is 0.726 e. The molecule has 0 heterocycles. The van der Waals surface area contributed by atoms with Gasteiger partial charge in [0.15, 0.2) is 0 Å². The molecular formula is C7H9O5P2S+. The third-order valence-electron chi connectivity index (χ3n) is 1.44. The predicted octanol–water partition coefficient (Wildman–Crippen LogP) is 2.09. The highest BCUT2D eigenvalue weighted by Crippen LogP contribution is 2.48. The van der Waals surface area contributed by atoms with Crippen molar-refractivity contribution in [3.63, 3.8) is 0 Å². The van der Waals surface area contributed by atoms with E-state index in [1.165, 1.54) is 0 Å². The lowest BCUT2D eigenvalue weighted by molar-refractivity contribution is -0.101. The molecular weight excluding hydrogens is 258 g/mol. The Bertz CT molecular complexity index is 382. The second-order valence-electron chi connectivity index (χ2n) is 2.67. The Labute approximate surface area is 92.7 Å². The van der Waals surface area contributed by atoms with Crippen molar-refractivity contribution in [3.05, 3.63) is 35.9 Å². The lowest BCUT2D eigenvalue weighted by atomic mass is 10.2. The van der Waals surface area contributed by atoms with E-state index >= 15 is 0 Å². The summed E-state index contributed by atoms with van der Waals surface area (Å²) < 4.78 is 18.4. The molecule has 0 aliphatic carbocycles. The summed E-state index contributed by atoms with van der Waals surface area (Å²) in [6.07, 6.45) is 0.0896. The van der Waals surface area contributed by atoms with E-state index in [-0.39, 0.29) is 6.16 Å². The van der Waals surface area contributed by atoms with Crippen LogP contribution in [0.15, 0.2) is 30.3 Å². The van der Waals surface area contributed by atoms with Crippen molar-refractivity contribution >= 4 is 26.6 Å². The van der Waals surface area contributed by atoms with Crippen molar-refractivity contribution in [2.24, 2.45) is 0 Å². The topological polar surface area (TPSA) is 76.0 Å². The fraction of sp³-hybridized carbons (Fsp3) is 0.143. The second kappa shape index (κ2) is 5.77. The fourth-order valence-corrected chi connectivity index (χ4v) is 2.98. The molecule has 0 fully saturated rings. The minimum atomic E-state index is -3.20. The monoisotopic (exact) mass is 267 g/mol. The van der Waals surface area contributed by atoms with E-state index in [1.807, 2.05) is 6.07 Å². The molecule has 0 aliphatic rings. The molecule has 2 atom stereocenters. The van der Waals surface area contributed by atoms with E-state index in [0.29, 0.717) is 0 Å². The molecule has 0 amide bonds. The lowest BCUT2D eigenvalue weighted by Gasteiger charge is -2.09. The highest BCUT2D eigenvalue weighted by atomic mass is 32.5. The first-order valence-corrected chi connectivity index (χ1v) is 7.87. The van der Waals surface area contributed by atoms with E-state index in [2.05, 4.69) is 9.35 Å². The van der Waals surface area contributed by atoms with Gasteiger partial charge < -0.3 is 4.89 Å². The number of hydrogen-bond donors (Lipinski definition) is 2. The van der Waals surface area contributed by atoms with Gasteiger partial charge in [0.2, 0.25) is 6.49 Å². The molecule has 82 valence electrons. The zero-order chi connectivity index (χ0) is 11.3. The van der Waals surface area contributed by atoms with Crippen molar-refractivity contribution in [2.45, 2.75) is 6.16 Å².